The maximum atomic E-state index is 5.73. The first kappa shape index (κ1) is 8.41. The van der Waals surface area contributed by atoms with E-state index in [9.17, 15) is 0 Å². The lowest BCUT2D eigenvalue weighted by Crippen LogP contribution is -1.98. The van der Waals surface area contributed by atoms with Crippen molar-refractivity contribution >= 4 is 22.6 Å². The van der Waals surface area contributed by atoms with Crippen LogP contribution in [0.3, 0.4) is 0 Å². The van der Waals surface area contributed by atoms with Gasteiger partial charge in [-0.2, -0.15) is 0 Å². The molecule has 2 N–H and O–H groups in total. The van der Waals surface area contributed by atoms with E-state index in [1.54, 1.807) is 0 Å². The van der Waals surface area contributed by atoms with Gasteiger partial charge in [-0.1, -0.05) is 23.7 Å². The standard InChI is InChI=1S/C9H8ClN3/c10-8-5-12-7-3-1-2-6(4-11)9(7)13-8/h1-3,5H,4,11H2. The molecule has 3 nitrogen and oxygen atoms in total. The number of hydrogen-bond acceptors (Lipinski definition) is 3. The second-order valence-corrected chi connectivity index (χ2v) is 3.07. The van der Waals surface area contributed by atoms with Crippen molar-refractivity contribution < 1.29 is 0 Å². The lowest BCUT2D eigenvalue weighted by atomic mass is 10.2. The van der Waals surface area contributed by atoms with E-state index in [1.165, 1.54) is 6.20 Å². The Balaban J connectivity index is 2.79. The van der Waals surface area contributed by atoms with Gasteiger partial charge in [-0.05, 0) is 11.6 Å². The highest BCUT2D eigenvalue weighted by Gasteiger charge is 2.01. The summed E-state index contributed by atoms with van der Waals surface area (Å²) in [4.78, 5) is 8.31. The predicted molar refractivity (Wildman–Crippen MR) is 52.4 cm³/mol. The fraction of sp³-hybridized carbons (Fsp3) is 0.111. The van der Waals surface area contributed by atoms with Crippen molar-refractivity contribution in [1.29, 1.82) is 0 Å². The number of hydrogen-bond donors (Lipinski definition) is 1. The lowest BCUT2D eigenvalue weighted by Gasteiger charge is -2.01. The molecule has 0 radical (unpaired) electrons. The summed E-state index contributed by atoms with van der Waals surface area (Å²) in [5.41, 5.74) is 8.14. The van der Waals surface area contributed by atoms with Gasteiger partial charge >= 0.3 is 0 Å². The molecule has 0 aliphatic rings. The average Bonchev–Trinajstić information content (AvgIpc) is 2.17. The average molecular weight is 194 g/mol. The molecule has 0 bridgehead atoms. The topological polar surface area (TPSA) is 51.8 Å². The van der Waals surface area contributed by atoms with Gasteiger partial charge in [0.1, 0.15) is 5.15 Å². The number of para-hydroxylation sites is 1. The van der Waals surface area contributed by atoms with E-state index in [-0.39, 0.29) is 0 Å². The molecule has 4 heteroatoms. The molecular formula is C9H8ClN3. The van der Waals surface area contributed by atoms with E-state index in [2.05, 4.69) is 9.97 Å². The summed E-state index contributed by atoms with van der Waals surface area (Å²) in [5.74, 6) is 0. The van der Waals surface area contributed by atoms with Crippen LogP contribution < -0.4 is 5.73 Å². The summed E-state index contributed by atoms with van der Waals surface area (Å²) in [6.07, 6.45) is 1.53. The molecule has 0 amide bonds. The van der Waals surface area contributed by atoms with Crippen LogP contribution in [-0.2, 0) is 6.54 Å². The van der Waals surface area contributed by atoms with Crippen LogP contribution in [0, 0.1) is 0 Å². The van der Waals surface area contributed by atoms with Gasteiger partial charge in [0.2, 0.25) is 0 Å². The second-order valence-electron chi connectivity index (χ2n) is 2.68. The largest absolute Gasteiger partial charge is 0.326 e. The predicted octanol–water partition coefficient (Wildman–Crippen LogP) is 1.74. The number of nitrogens with two attached hydrogens (primary N) is 1. The quantitative estimate of drug-likeness (QED) is 0.751. The highest BCUT2D eigenvalue weighted by molar-refractivity contribution is 6.29. The van der Waals surface area contributed by atoms with Crippen molar-refractivity contribution in [3.8, 4) is 0 Å². The molecule has 2 aromatic rings. The van der Waals surface area contributed by atoms with Gasteiger partial charge in [-0.25, -0.2) is 4.98 Å². The third kappa shape index (κ3) is 1.48. The number of rotatable bonds is 1. The van der Waals surface area contributed by atoms with E-state index in [0.29, 0.717) is 11.7 Å². The molecule has 0 spiro atoms. The van der Waals surface area contributed by atoms with Crippen LogP contribution in [0.4, 0.5) is 0 Å². The molecule has 66 valence electrons. The van der Waals surface area contributed by atoms with Crippen LogP contribution in [-0.4, -0.2) is 9.97 Å². The van der Waals surface area contributed by atoms with Crippen LogP contribution in [0.15, 0.2) is 24.4 Å². The fourth-order valence-electron chi connectivity index (χ4n) is 1.23. The van der Waals surface area contributed by atoms with Crippen molar-refractivity contribution in [3.05, 3.63) is 35.1 Å². The van der Waals surface area contributed by atoms with Crippen LogP contribution in [0.1, 0.15) is 5.56 Å². The first-order valence-corrected chi connectivity index (χ1v) is 4.29. The third-order valence-electron chi connectivity index (χ3n) is 1.85. The van der Waals surface area contributed by atoms with Crippen molar-refractivity contribution in [2.24, 2.45) is 5.73 Å². The number of nitrogens with zero attached hydrogens (tertiary/aromatic N) is 2. The number of benzene rings is 1. The minimum absolute atomic E-state index is 0.397. The minimum atomic E-state index is 0.397. The summed E-state index contributed by atoms with van der Waals surface area (Å²) >= 11 is 5.73. The van der Waals surface area contributed by atoms with Gasteiger partial charge in [0.25, 0.3) is 0 Å². The Morgan fingerprint density at radius 3 is 3.00 bits per heavy atom. The molecule has 0 unspecified atom stereocenters. The van der Waals surface area contributed by atoms with Gasteiger partial charge in [0, 0.05) is 6.54 Å². The minimum Gasteiger partial charge on any atom is -0.326 e. The van der Waals surface area contributed by atoms with Crippen molar-refractivity contribution in [2.45, 2.75) is 6.54 Å². The highest BCUT2D eigenvalue weighted by Crippen LogP contribution is 2.16. The van der Waals surface area contributed by atoms with Crippen molar-refractivity contribution in [2.75, 3.05) is 0 Å². The smallest absolute Gasteiger partial charge is 0.148 e. The molecule has 1 aromatic carbocycles. The fourth-order valence-corrected chi connectivity index (χ4v) is 1.37. The molecule has 0 aliphatic heterocycles. The van der Waals surface area contributed by atoms with Gasteiger partial charge in [0.15, 0.2) is 0 Å². The van der Waals surface area contributed by atoms with Gasteiger partial charge in [0.05, 0.1) is 17.2 Å². The van der Waals surface area contributed by atoms with Crippen molar-refractivity contribution in [3.63, 3.8) is 0 Å². The summed E-state index contributed by atoms with van der Waals surface area (Å²) in [5, 5.41) is 0.397. The highest BCUT2D eigenvalue weighted by atomic mass is 35.5. The molecule has 1 heterocycles. The Labute approximate surface area is 80.6 Å². The number of halogens is 1. The van der Waals surface area contributed by atoms with Crippen molar-refractivity contribution in [1.82, 2.24) is 9.97 Å². The normalized spacial score (nSPS) is 10.6. The molecule has 2 rings (SSSR count). The summed E-state index contributed by atoms with van der Waals surface area (Å²) in [6.45, 7) is 0.451. The Bertz CT molecular complexity index is 442. The maximum Gasteiger partial charge on any atom is 0.148 e. The lowest BCUT2D eigenvalue weighted by molar-refractivity contribution is 1.07. The third-order valence-corrected chi connectivity index (χ3v) is 2.03. The first-order valence-electron chi connectivity index (χ1n) is 3.91. The van der Waals surface area contributed by atoms with Gasteiger partial charge in [-0.3, -0.25) is 4.98 Å². The molecule has 0 atom stereocenters. The molecule has 13 heavy (non-hydrogen) atoms. The molecule has 1 aromatic heterocycles. The summed E-state index contributed by atoms with van der Waals surface area (Å²) < 4.78 is 0. The Morgan fingerprint density at radius 1 is 1.38 bits per heavy atom. The molecule has 0 saturated carbocycles. The zero-order chi connectivity index (χ0) is 9.26. The molecular weight excluding hydrogens is 186 g/mol. The molecule has 0 fully saturated rings. The number of aromatic nitrogens is 2. The number of fused-ring (bicyclic) bond motifs is 1. The zero-order valence-corrected chi connectivity index (χ0v) is 7.62. The van der Waals surface area contributed by atoms with E-state index < -0.39 is 0 Å². The van der Waals surface area contributed by atoms with Gasteiger partial charge < -0.3 is 5.73 Å². The van der Waals surface area contributed by atoms with E-state index in [0.717, 1.165) is 16.6 Å². The van der Waals surface area contributed by atoms with Crippen LogP contribution >= 0.6 is 11.6 Å². The summed E-state index contributed by atoms with van der Waals surface area (Å²) in [7, 11) is 0. The zero-order valence-electron chi connectivity index (χ0n) is 6.87. The van der Waals surface area contributed by atoms with Crippen LogP contribution in [0.2, 0.25) is 5.15 Å². The van der Waals surface area contributed by atoms with E-state index >= 15 is 0 Å². The first-order chi connectivity index (χ1) is 6.31. The van der Waals surface area contributed by atoms with E-state index in [1.807, 2.05) is 18.2 Å². The van der Waals surface area contributed by atoms with Gasteiger partial charge in [-0.15, -0.1) is 0 Å². The molecule has 0 saturated heterocycles. The molecule has 0 aliphatic carbocycles. The van der Waals surface area contributed by atoms with Crippen LogP contribution in [0.25, 0.3) is 11.0 Å². The second kappa shape index (κ2) is 3.28. The Kier molecular flexibility index (Phi) is 2.12. The summed E-state index contributed by atoms with van der Waals surface area (Å²) in [6, 6.07) is 5.72. The Hall–Kier alpha value is -1.19. The maximum absolute atomic E-state index is 5.73. The monoisotopic (exact) mass is 193 g/mol. The van der Waals surface area contributed by atoms with E-state index in [4.69, 9.17) is 17.3 Å². The Morgan fingerprint density at radius 2 is 2.23 bits per heavy atom. The van der Waals surface area contributed by atoms with Crippen LogP contribution in [0.5, 0.6) is 0 Å². The SMILES string of the molecule is NCc1cccc2ncc(Cl)nc12.